The van der Waals surface area contributed by atoms with Gasteiger partial charge in [-0.1, -0.05) is 12.1 Å². The maximum atomic E-state index is 12.4. The third-order valence-corrected chi connectivity index (χ3v) is 3.39. The lowest BCUT2D eigenvalue weighted by molar-refractivity contribution is -0.385. The van der Waals surface area contributed by atoms with Crippen LogP contribution in [0.2, 0.25) is 0 Å². The maximum Gasteiger partial charge on any atom is 0.414 e. The molecule has 21 heavy (non-hydrogen) atoms. The first-order valence-electron chi connectivity index (χ1n) is 6.53. The quantitative estimate of drug-likeness (QED) is 0.644. The molecule has 0 bridgehead atoms. The summed E-state index contributed by atoms with van der Waals surface area (Å²) in [7, 11) is 0. The minimum atomic E-state index is -1.40. The van der Waals surface area contributed by atoms with Gasteiger partial charge in [0.2, 0.25) is 0 Å². The molecule has 0 spiro atoms. The van der Waals surface area contributed by atoms with Gasteiger partial charge in [-0.2, -0.15) is 0 Å². The first-order valence-corrected chi connectivity index (χ1v) is 6.53. The lowest BCUT2D eigenvalue weighted by Crippen LogP contribution is -2.51. The Morgan fingerprint density at radius 2 is 2.10 bits per heavy atom. The number of nitro benzene ring substituents is 1. The van der Waals surface area contributed by atoms with Gasteiger partial charge in [0.1, 0.15) is 5.56 Å². The van der Waals surface area contributed by atoms with Gasteiger partial charge in [0, 0.05) is 12.6 Å². The highest BCUT2D eigenvalue weighted by atomic mass is 16.6. The zero-order chi connectivity index (χ0) is 15.4. The van der Waals surface area contributed by atoms with Gasteiger partial charge in [-0.15, -0.1) is 0 Å². The summed E-state index contributed by atoms with van der Waals surface area (Å²) in [6, 6.07) is 4.85. The number of para-hydroxylation sites is 1. The molecule has 0 aliphatic carbocycles. The number of benzene rings is 1. The van der Waals surface area contributed by atoms with Crippen LogP contribution in [0.5, 0.6) is 0 Å². The van der Waals surface area contributed by atoms with Crippen LogP contribution >= 0.6 is 0 Å². The lowest BCUT2D eigenvalue weighted by Gasteiger charge is -2.31. The second kappa shape index (κ2) is 6.31. The highest BCUT2D eigenvalue weighted by Crippen LogP contribution is 2.22. The average molecular weight is 293 g/mol. The van der Waals surface area contributed by atoms with Gasteiger partial charge in [-0.25, -0.2) is 9.69 Å². The van der Waals surface area contributed by atoms with Crippen molar-refractivity contribution in [2.45, 2.75) is 18.9 Å². The SMILES string of the molecule is O=C(O)N(C(=O)c1ccccc1[N+](=O)[O-])C1CCCNC1. The van der Waals surface area contributed by atoms with Crippen LogP contribution in [-0.2, 0) is 0 Å². The summed E-state index contributed by atoms with van der Waals surface area (Å²) in [5.74, 6) is -0.858. The molecule has 112 valence electrons. The van der Waals surface area contributed by atoms with E-state index in [2.05, 4.69) is 5.32 Å². The normalized spacial score (nSPS) is 18.0. The van der Waals surface area contributed by atoms with E-state index in [9.17, 15) is 24.8 Å². The fourth-order valence-corrected chi connectivity index (χ4v) is 2.41. The van der Waals surface area contributed by atoms with Crippen molar-refractivity contribution in [2.24, 2.45) is 0 Å². The Morgan fingerprint density at radius 3 is 2.67 bits per heavy atom. The van der Waals surface area contributed by atoms with E-state index >= 15 is 0 Å². The van der Waals surface area contributed by atoms with Gasteiger partial charge >= 0.3 is 6.09 Å². The lowest BCUT2D eigenvalue weighted by atomic mass is 10.0. The van der Waals surface area contributed by atoms with E-state index in [4.69, 9.17) is 0 Å². The summed E-state index contributed by atoms with van der Waals surface area (Å²) in [4.78, 5) is 34.8. The van der Waals surface area contributed by atoms with E-state index in [0.29, 0.717) is 17.9 Å². The van der Waals surface area contributed by atoms with Crippen molar-refractivity contribution in [1.29, 1.82) is 0 Å². The van der Waals surface area contributed by atoms with Crippen molar-refractivity contribution in [3.05, 3.63) is 39.9 Å². The Hall–Kier alpha value is -2.48. The third-order valence-electron chi connectivity index (χ3n) is 3.39. The number of hydrogen-bond acceptors (Lipinski definition) is 5. The summed E-state index contributed by atoms with van der Waals surface area (Å²) in [6.45, 7) is 1.13. The topological polar surface area (TPSA) is 113 Å². The number of carbonyl (C=O) groups excluding carboxylic acids is 1. The molecule has 1 aliphatic rings. The molecule has 2 rings (SSSR count). The van der Waals surface area contributed by atoms with E-state index < -0.39 is 28.7 Å². The van der Waals surface area contributed by atoms with Crippen molar-refractivity contribution in [2.75, 3.05) is 13.1 Å². The number of nitrogens with one attached hydrogen (secondary N) is 1. The number of piperidine rings is 1. The first-order chi connectivity index (χ1) is 10.0. The molecule has 2 N–H and O–H groups in total. The van der Waals surface area contributed by atoms with E-state index in [1.165, 1.54) is 24.3 Å². The Morgan fingerprint density at radius 1 is 1.38 bits per heavy atom. The van der Waals surface area contributed by atoms with Gasteiger partial charge < -0.3 is 10.4 Å². The first kappa shape index (κ1) is 14.9. The molecule has 0 saturated carbocycles. The molecule has 2 amide bonds. The Kier molecular flexibility index (Phi) is 4.49. The predicted molar refractivity (Wildman–Crippen MR) is 73.2 cm³/mol. The highest BCUT2D eigenvalue weighted by Gasteiger charge is 2.34. The smallest absolute Gasteiger partial charge is 0.414 e. The minimum Gasteiger partial charge on any atom is -0.465 e. The van der Waals surface area contributed by atoms with Crippen LogP contribution in [0.15, 0.2) is 24.3 Å². The Balaban J connectivity index is 2.35. The second-order valence-corrected chi connectivity index (χ2v) is 4.73. The fourth-order valence-electron chi connectivity index (χ4n) is 2.41. The zero-order valence-corrected chi connectivity index (χ0v) is 11.2. The van der Waals surface area contributed by atoms with Crippen LogP contribution in [0, 0.1) is 10.1 Å². The van der Waals surface area contributed by atoms with Crippen molar-refractivity contribution in [1.82, 2.24) is 10.2 Å². The number of nitrogens with zero attached hydrogens (tertiary/aromatic N) is 2. The molecule has 1 aliphatic heterocycles. The molecule has 1 aromatic carbocycles. The van der Waals surface area contributed by atoms with Gasteiger partial charge in [-0.05, 0) is 25.5 Å². The summed E-state index contributed by atoms with van der Waals surface area (Å²) in [6.07, 6.45) is -0.101. The molecule has 1 fully saturated rings. The number of imide groups is 1. The standard InChI is InChI=1S/C13H15N3O5/c17-12(10-5-1-2-6-11(10)16(20)21)15(13(18)19)9-4-3-7-14-8-9/h1-2,5-6,9,14H,3-4,7-8H2,(H,18,19). The number of amides is 2. The summed E-state index contributed by atoms with van der Waals surface area (Å²) in [5, 5.41) is 23.3. The predicted octanol–water partition coefficient (Wildman–Crippen LogP) is 1.47. The number of carboxylic acid groups (broad SMARTS) is 1. The van der Waals surface area contributed by atoms with Gasteiger partial charge in [0.15, 0.2) is 0 Å². The Labute approximate surface area is 120 Å². The van der Waals surface area contributed by atoms with Crippen LogP contribution in [0.3, 0.4) is 0 Å². The third kappa shape index (κ3) is 3.16. The number of rotatable bonds is 3. The van der Waals surface area contributed by atoms with Crippen LogP contribution in [0.1, 0.15) is 23.2 Å². The molecule has 1 atom stereocenters. The van der Waals surface area contributed by atoms with Crippen molar-refractivity contribution in [3.8, 4) is 0 Å². The summed E-state index contributed by atoms with van der Waals surface area (Å²) < 4.78 is 0. The molecule has 1 heterocycles. The Bertz CT molecular complexity index is 569. The van der Waals surface area contributed by atoms with E-state index in [-0.39, 0.29) is 5.56 Å². The highest BCUT2D eigenvalue weighted by molar-refractivity contribution is 6.05. The molecule has 0 radical (unpaired) electrons. The summed E-state index contributed by atoms with van der Waals surface area (Å²) in [5.41, 5.74) is -0.604. The molecule has 1 aromatic rings. The van der Waals surface area contributed by atoms with Crippen LogP contribution in [0.4, 0.5) is 10.5 Å². The molecule has 1 saturated heterocycles. The van der Waals surface area contributed by atoms with Crippen LogP contribution in [-0.4, -0.2) is 46.1 Å². The van der Waals surface area contributed by atoms with Crippen molar-refractivity contribution in [3.63, 3.8) is 0 Å². The molecule has 1 unspecified atom stereocenters. The molecular weight excluding hydrogens is 278 g/mol. The monoisotopic (exact) mass is 293 g/mol. The van der Waals surface area contributed by atoms with Crippen molar-refractivity contribution >= 4 is 17.7 Å². The van der Waals surface area contributed by atoms with E-state index in [1.807, 2.05) is 0 Å². The van der Waals surface area contributed by atoms with Gasteiger partial charge in [-0.3, -0.25) is 14.9 Å². The fraction of sp³-hybridized carbons (Fsp3) is 0.385. The van der Waals surface area contributed by atoms with Crippen molar-refractivity contribution < 1.29 is 19.6 Å². The second-order valence-electron chi connectivity index (χ2n) is 4.73. The molecule has 8 nitrogen and oxygen atoms in total. The number of hydrogen-bond donors (Lipinski definition) is 2. The average Bonchev–Trinajstić information content (AvgIpc) is 2.48. The van der Waals surface area contributed by atoms with E-state index in [1.54, 1.807) is 0 Å². The number of carbonyl (C=O) groups is 2. The van der Waals surface area contributed by atoms with Gasteiger partial charge in [0.25, 0.3) is 11.6 Å². The van der Waals surface area contributed by atoms with E-state index in [0.717, 1.165) is 13.0 Å². The largest absolute Gasteiger partial charge is 0.465 e. The molecule has 8 heteroatoms. The molecular formula is C13H15N3O5. The van der Waals surface area contributed by atoms with Crippen LogP contribution < -0.4 is 5.32 Å². The number of nitro groups is 1. The summed E-state index contributed by atoms with van der Waals surface area (Å²) >= 11 is 0. The zero-order valence-electron chi connectivity index (χ0n) is 11.2. The minimum absolute atomic E-state index is 0.213. The molecule has 0 aromatic heterocycles. The maximum absolute atomic E-state index is 12.4. The van der Waals surface area contributed by atoms with Crippen LogP contribution in [0.25, 0.3) is 0 Å². The van der Waals surface area contributed by atoms with Gasteiger partial charge in [0.05, 0.1) is 11.0 Å².